The molecular formula is C23H20ClN3O2. The minimum atomic E-state index is -0.267. The molecule has 4 aromatic rings. The summed E-state index contributed by atoms with van der Waals surface area (Å²) in [4.78, 5) is 12.6. The van der Waals surface area contributed by atoms with Crippen molar-refractivity contribution in [1.82, 2.24) is 15.1 Å². The van der Waals surface area contributed by atoms with Crippen molar-refractivity contribution in [1.29, 1.82) is 0 Å². The minimum Gasteiger partial charge on any atom is -0.492 e. The number of amides is 1. The van der Waals surface area contributed by atoms with Crippen molar-refractivity contribution in [2.24, 2.45) is 0 Å². The summed E-state index contributed by atoms with van der Waals surface area (Å²) in [5, 5.41) is 9.82. The van der Waals surface area contributed by atoms with E-state index in [2.05, 4.69) is 16.5 Å². The number of aromatic nitrogens is 2. The van der Waals surface area contributed by atoms with Crippen LogP contribution < -0.4 is 10.1 Å². The Hall–Kier alpha value is -3.31. The lowest BCUT2D eigenvalue weighted by Crippen LogP contribution is -2.28. The van der Waals surface area contributed by atoms with Crippen LogP contribution in [0.2, 0.25) is 5.15 Å². The minimum absolute atomic E-state index is 0.267. The zero-order valence-electron chi connectivity index (χ0n) is 15.9. The molecule has 0 spiro atoms. The number of halogens is 1. The summed E-state index contributed by atoms with van der Waals surface area (Å²) in [6.45, 7) is 2.48. The van der Waals surface area contributed by atoms with Gasteiger partial charge in [-0.05, 0) is 42.0 Å². The average Bonchev–Trinajstić information content (AvgIpc) is 3.05. The van der Waals surface area contributed by atoms with Gasteiger partial charge in [0.1, 0.15) is 17.5 Å². The molecule has 6 heteroatoms. The first kappa shape index (κ1) is 19.0. The summed E-state index contributed by atoms with van der Waals surface area (Å²) in [6, 6.07) is 23.5. The van der Waals surface area contributed by atoms with Gasteiger partial charge in [0.05, 0.1) is 23.5 Å². The molecule has 0 unspecified atom stereocenters. The maximum atomic E-state index is 12.6. The van der Waals surface area contributed by atoms with Gasteiger partial charge in [-0.3, -0.25) is 4.79 Å². The number of ether oxygens (including phenoxy) is 1. The van der Waals surface area contributed by atoms with E-state index in [-0.39, 0.29) is 5.91 Å². The SMILES string of the molecule is Cc1nn(-c2ccccc2)c(Cl)c1C(=O)NCCOc1ccc2ccccc2c1. The Morgan fingerprint density at radius 1 is 1.03 bits per heavy atom. The molecule has 0 atom stereocenters. The smallest absolute Gasteiger partial charge is 0.256 e. The van der Waals surface area contributed by atoms with Gasteiger partial charge in [0, 0.05) is 0 Å². The summed E-state index contributed by atoms with van der Waals surface area (Å²) < 4.78 is 7.33. The third kappa shape index (κ3) is 4.10. The highest BCUT2D eigenvalue weighted by Crippen LogP contribution is 2.23. The van der Waals surface area contributed by atoms with Gasteiger partial charge in [0.25, 0.3) is 5.91 Å². The van der Waals surface area contributed by atoms with Gasteiger partial charge in [-0.25, -0.2) is 4.68 Å². The van der Waals surface area contributed by atoms with Crippen LogP contribution in [0, 0.1) is 6.92 Å². The van der Waals surface area contributed by atoms with Gasteiger partial charge in [-0.1, -0.05) is 60.1 Å². The Bertz CT molecular complexity index is 1160. The van der Waals surface area contributed by atoms with Crippen LogP contribution in [0.25, 0.3) is 16.5 Å². The van der Waals surface area contributed by atoms with E-state index in [4.69, 9.17) is 16.3 Å². The van der Waals surface area contributed by atoms with E-state index in [1.165, 1.54) is 0 Å². The Balaban J connectivity index is 1.38. The predicted octanol–water partition coefficient (Wildman–Crippen LogP) is 4.80. The highest BCUT2D eigenvalue weighted by Gasteiger charge is 2.20. The molecule has 0 aliphatic rings. The molecule has 3 aromatic carbocycles. The quantitative estimate of drug-likeness (QED) is 0.469. The fourth-order valence-electron chi connectivity index (χ4n) is 3.18. The summed E-state index contributed by atoms with van der Waals surface area (Å²) in [6.07, 6.45) is 0. The number of hydrogen-bond donors (Lipinski definition) is 1. The van der Waals surface area contributed by atoms with Crippen LogP contribution in [-0.2, 0) is 0 Å². The second kappa shape index (κ2) is 8.37. The monoisotopic (exact) mass is 405 g/mol. The Morgan fingerprint density at radius 2 is 1.76 bits per heavy atom. The molecule has 0 saturated carbocycles. The molecule has 0 bridgehead atoms. The van der Waals surface area contributed by atoms with Crippen LogP contribution in [0.5, 0.6) is 5.75 Å². The highest BCUT2D eigenvalue weighted by molar-refractivity contribution is 6.33. The van der Waals surface area contributed by atoms with Crippen molar-refractivity contribution < 1.29 is 9.53 Å². The topological polar surface area (TPSA) is 56.2 Å². The summed E-state index contributed by atoms with van der Waals surface area (Å²) in [5.74, 6) is 0.501. The molecule has 29 heavy (non-hydrogen) atoms. The largest absolute Gasteiger partial charge is 0.492 e. The van der Waals surface area contributed by atoms with E-state index in [0.29, 0.717) is 29.6 Å². The normalized spacial score (nSPS) is 10.8. The molecule has 0 radical (unpaired) electrons. The Labute approximate surface area is 173 Å². The first-order valence-corrected chi connectivity index (χ1v) is 9.71. The molecule has 1 aromatic heterocycles. The second-order valence-electron chi connectivity index (χ2n) is 6.61. The third-order valence-corrected chi connectivity index (χ3v) is 4.96. The van der Waals surface area contributed by atoms with Crippen LogP contribution in [-0.4, -0.2) is 28.8 Å². The fourth-order valence-corrected chi connectivity index (χ4v) is 3.53. The van der Waals surface area contributed by atoms with Gasteiger partial charge < -0.3 is 10.1 Å². The molecule has 4 rings (SSSR count). The van der Waals surface area contributed by atoms with E-state index in [9.17, 15) is 4.79 Å². The number of benzene rings is 3. The molecule has 0 fully saturated rings. The zero-order chi connectivity index (χ0) is 20.2. The number of nitrogens with zero attached hydrogens (tertiary/aromatic N) is 2. The standard InChI is InChI=1S/C23H20ClN3O2/c1-16-21(22(24)27(26-16)19-9-3-2-4-10-19)23(28)25-13-14-29-20-12-11-17-7-5-6-8-18(17)15-20/h2-12,15H,13-14H2,1H3,(H,25,28). The zero-order valence-corrected chi connectivity index (χ0v) is 16.7. The molecule has 1 amide bonds. The van der Waals surface area contributed by atoms with E-state index >= 15 is 0 Å². The van der Waals surface area contributed by atoms with Crippen LogP contribution in [0.1, 0.15) is 16.1 Å². The first-order valence-electron chi connectivity index (χ1n) is 9.34. The van der Waals surface area contributed by atoms with Crippen molar-refractivity contribution in [3.05, 3.63) is 89.2 Å². The molecule has 0 saturated heterocycles. The number of para-hydroxylation sites is 1. The van der Waals surface area contributed by atoms with Crippen LogP contribution in [0.3, 0.4) is 0 Å². The van der Waals surface area contributed by atoms with Crippen LogP contribution in [0.15, 0.2) is 72.8 Å². The number of carbonyl (C=O) groups is 1. The van der Waals surface area contributed by atoms with Gasteiger partial charge in [-0.2, -0.15) is 5.10 Å². The lowest BCUT2D eigenvalue weighted by Gasteiger charge is -2.09. The fraction of sp³-hybridized carbons (Fsp3) is 0.130. The average molecular weight is 406 g/mol. The van der Waals surface area contributed by atoms with Crippen molar-refractivity contribution in [3.8, 4) is 11.4 Å². The van der Waals surface area contributed by atoms with Gasteiger partial charge in [0.15, 0.2) is 0 Å². The van der Waals surface area contributed by atoms with E-state index in [1.54, 1.807) is 11.6 Å². The van der Waals surface area contributed by atoms with E-state index in [1.807, 2.05) is 66.7 Å². The van der Waals surface area contributed by atoms with E-state index < -0.39 is 0 Å². The van der Waals surface area contributed by atoms with E-state index in [0.717, 1.165) is 22.2 Å². The summed E-state index contributed by atoms with van der Waals surface area (Å²) in [7, 11) is 0. The molecule has 146 valence electrons. The number of carbonyl (C=O) groups excluding carboxylic acids is 1. The lowest BCUT2D eigenvalue weighted by atomic mass is 10.1. The molecular weight excluding hydrogens is 386 g/mol. The highest BCUT2D eigenvalue weighted by atomic mass is 35.5. The molecule has 0 aliphatic heterocycles. The van der Waals surface area contributed by atoms with Gasteiger partial charge in [-0.15, -0.1) is 0 Å². The van der Waals surface area contributed by atoms with Crippen molar-refractivity contribution >= 4 is 28.3 Å². The van der Waals surface area contributed by atoms with Crippen molar-refractivity contribution in [2.75, 3.05) is 13.2 Å². The Morgan fingerprint density at radius 3 is 2.55 bits per heavy atom. The summed E-state index contributed by atoms with van der Waals surface area (Å²) >= 11 is 6.43. The van der Waals surface area contributed by atoms with Crippen molar-refractivity contribution in [3.63, 3.8) is 0 Å². The molecule has 1 N–H and O–H groups in total. The lowest BCUT2D eigenvalue weighted by molar-refractivity contribution is 0.0946. The van der Waals surface area contributed by atoms with Crippen molar-refractivity contribution in [2.45, 2.75) is 6.92 Å². The second-order valence-corrected chi connectivity index (χ2v) is 6.97. The number of rotatable bonds is 6. The van der Waals surface area contributed by atoms with Gasteiger partial charge in [0.2, 0.25) is 0 Å². The number of aryl methyl sites for hydroxylation is 1. The molecule has 0 aliphatic carbocycles. The number of hydrogen-bond acceptors (Lipinski definition) is 3. The first-order chi connectivity index (χ1) is 14.1. The third-order valence-electron chi connectivity index (χ3n) is 4.61. The van der Waals surface area contributed by atoms with Crippen LogP contribution >= 0.6 is 11.6 Å². The van der Waals surface area contributed by atoms with Crippen LogP contribution in [0.4, 0.5) is 0 Å². The number of nitrogens with one attached hydrogen (secondary N) is 1. The summed E-state index contributed by atoms with van der Waals surface area (Å²) in [5.41, 5.74) is 1.76. The molecule has 1 heterocycles. The number of fused-ring (bicyclic) bond motifs is 1. The Kier molecular flexibility index (Phi) is 5.49. The maximum Gasteiger partial charge on any atom is 0.256 e. The van der Waals surface area contributed by atoms with Gasteiger partial charge >= 0.3 is 0 Å². The predicted molar refractivity (Wildman–Crippen MR) is 115 cm³/mol. The molecule has 5 nitrogen and oxygen atoms in total. The maximum absolute atomic E-state index is 12.6.